The lowest BCUT2D eigenvalue weighted by Crippen LogP contribution is -2.25. The van der Waals surface area contributed by atoms with E-state index in [2.05, 4.69) is 20.7 Å². The number of halogens is 1. The molecule has 1 aliphatic heterocycles. The van der Waals surface area contributed by atoms with Gasteiger partial charge in [-0.3, -0.25) is 4.79 Å². The normalized spacial score (nSPS) is 13.0. The van der Waals surface area contributed by atoms with Gasteiger partial charge in [0.1, 0.15) is 24.2 Å². The van der Waals surface area contributed by atoms with Crippen molar-refractivity contribution in [3.8, 4) is 11.5 Å². The summed E-state index contributed by atoms with van der Waals surface area (Å²) in [5.41, 5.74) is 2.90. The van der Waals surface area contributed by atoms with Gasteiger partial charge >= 0.3 is 0 Å². The van der Waals surface area contributed by atoms with Crippen molar-refractivity contribution < 1.29 is 14.3 Å². The summed E-state index contributed by atoms with van der Waals surface area (Å²) < 4.78 is 11.1. The average Bonchev–Trinajstić information content (AvgIpc) is 3.09. The van der Waals surface area contributed by atoms with Gasteiger partial charge in [-0.15, -0.1) is 0 Å². The number of hydrogen-bond donors (Lipinski definition) is 2. The van der Waals surface area contributed by atoms with Gasteiger partial charge in [-0.2, -0.15) is 15.4 Å². The highest BCUT2D eigenvalue weighted by atomic mass is 35.5. The van der Waals surface area contributed by atoms with Crippen LogP contribution in [0, 0.1) is 0 Å². The lowest BCUT2D eigenvalue weighted by molar-refractivity contribution is 0.0954. The zero-order valence-corrected chi connectivity index (χ0v) is 14.0. The molecule has 4 rings (SSSR count). The quantitative estimate of drug-likeness (QED) is 0.747. The van der Waals surface area contributed by atoms with E-state index in [9.17, 15) is 4.79 Å². The maximum Gasteiger partial charge on any atom is 0.251 e. The minimum absolute atomic E-state index is 0.159. The molecule has 0 radical (unpaired) electrons. The monoisotopic (exact) mass is 358 g/mol. The third-order valence-corrected chi connectivity index (χ3v) is 4.22. The Bertz CT molecular complexity index is 941. The molecular formula is C17H15ClN4O3. The number of aromatic amines is 1. The number of H-pyrrole nitrogens is 1. The van der Waals surface area contributed by atoms with E-state index in [0.29, 0.717) is 53.8 Å². The van der Waals surface area contributed by atoms with Crippen LogP contribution in [-0.4, -0.2) is 41.1 Å². The first-order valence-corrected chi connectivity index (χ1v) is 8.25. The fourth-order valence-corrected chi connectivity index (χ4v) is 3.00. The third kappa shape index (κ3) is 3.23. The van der Waals surface area contributed by atoms with Crippen LogP contribution in [0.15, 0.2) is 30.3 Å². The molecule has 3 aromatic rings. The van der Waals surface area contributed by atoms with Gasteiger partial charge in [-0.25, -0.2) is 0 Å². The van der Waals surface area contributed by atoms with Crippen LogP contribution in [0.4, 0.5) is 0 Å². The summed E-state index contributed by atoms with van der Waals surface area (Å²) in [6, 6.07) is 8.92. The summed E-state index contributed by atoms with van der Waals surface area (Å²) in [5.74, 6) is 1.08. The van der Waals surface area contributed by atoms with Crippen LogP contribution in [0.3, 0.4) is 0 Å². The highest BCUT2D eigenvalue weighted by Gasteiger charge is 2.16. The van der Waals surface area contributed by atoms with E-state index >= 15 is 0 Å². The van der Waals surface area contributed by atoms with Gasteiger partial charge in [0.2, 0.25) is 0 Å². The highest BCUT2D eigenvalue weighted by molar-refractivity contribution is 6.32. The van der Waals surface area contributed by atoms with Crippen molar-refractivity contribution in [2.45, 2.75) is 6.42 Å². The largest absolute Gasteiger partial charge is 0.486 e. The molecule has 0 unspecified atom stereocenters. The Balaban J connectivity index is 1.40. The summed E-state index contributed by atoms with van der Waals surface area (Å²) in [4.78, 5) is 12.3. The van der Waals surface area contributed by atoms with Gasteiger partial charge in [0.15, 0.2) is 11.5 Å². The second-order valence-corrected chi connectivity index (χ2v) is 6.04. The van der Waals surface area contributed by atoms with Crippen LogP contribution in [-0.2, 0) is 6.42 Å². The van der Waals surface area contributed by atoms with Crippen molar-refractivity contribution in [2.75, 3.05) is 19.8 Å². The van der Waals surface area contributed by atoms with Crippen molar-refractivity contribution >= 4 is 28.5 Å². The van der Waals surface area contributed by atoms with Crippen LogP contribution in [0.5, 0.6) is 11.5 Å². The SMILES string of the molecule is O=C(NCCc1cc(Cl)c2c(c1)OCCO2)c1ccc2n[nH]nc2c1. The molecule has 0 bridgehead atoms. The second-order valence-electron chi connectivity index (χ2n) is 5.63. The average molecular weight is 359 g/mol. The number of carbonyl (C=O) groups excluding carboxylic acids is 1. The molecular weight excluding hydrogens is 344 g/mol. The molecule has 0 spiro atoms. The summed E-state index contributed by atoms with van der Waals surface area (Å²) >= 11 is 6.22. The standard InChI is InChI=1S/C17H15ClN4O3/c18-12-7-10(8-15-16(12)25-6-5-24-15)3-4-19-17(23)11-1-2-13-14(9-11)21-22-20-13/h1-2,7-9H,3-6H2,(H,19,23)(H,20,21,22). The Morgan fingerprint density at radius 2 is 2.00 bits per heavy atom. The number of amides is 1. The topological polar surface area (TPSA) is 89.1 Å². The number of nitrogens with zero attached hydrogens (tertiary/aromatic N) is 2. The predicted molar refractivity (Wildman–Crippen MR) is 92.4 cm³/mol. The van der Waals surface area contributed by atoms with E-state index < -0.39 is 0 Å². The van der Waals surface area contributed by atoms with Crippen molar-refractivity contribution in [3.05, 3.63) is 46.5 Å². The number of ether oxygens (including phenoxy) is 2. The number of hydrogen-bond acceptors (Lipinski definition) is 5. The maximum absolute atomic E-state index is 12.3. The van der Waals surface area contributed by atoms with Gasteiger partial charge < -0.3 is 14.8 Å². The summed E-state index contributed by atoms with van der Waals surface area (Å²) in [7, 11) is 0. The molecule has 25 heavy (non-hydrogen) atoms. The second kappa shape index (κ2) is 6.60. The van der Waals surface area contributed by atoms with Gasteiger partial charge in [-0.1, -0.05) is 11.6 Å². The first-order chi connectivity index (χ1) is 12.2. The fourth-order valence-electron chi connectivity index (χ4n) is 2.71. The molecule has 1 aliphatic rings. The van der Waals surface area contributed by atoms with Crippen molar-refractivity contribution in [3.63, 3.8) is 0 Å². The van der Waals surface area contributed by atoms with Gasteiger partial charge in [-0.05, 0) is 42.3 Å². The molecule has 1 amide bonds. The minimum atomic E-state index is -0.159. The number of benzene rings is 2. The minimum Gasteiger partial charge on any atom is -0.486 e. The molecule has 0 fully saturated rings. The smallest absolute Gasteiger partial charge is 0.251 e. The lowest BCUT2D eigenvalue weighted by Gasteiger charge is -2.20. The van der Waals surface area contributed by atoms with E-state index in [-0.39, 0.29) is 5.91 Å². The van der Waals surface area contributed by atoms with Gasteiger partial charge in [0.25, 0.3) is 5.91 Å². The molecule has 128 valence electrons. The van der Waals surface area contributed by atoms with Gasteiger partial charge in [0, 0.05) is 12.1 Å². The van der Waals surface area contributed by atoms with E-state index in [1.54, 1.807) is 18.2 Å². The lowest BCUT2D eigenvalue weighted by atomic mass is 10.1. The van der Waals surface area contributed by atoms with Crippen molar-refractivity contribution in [2.24, 2.45) is 0 Å². The number of carbonyl (C=O) groups is 1. The number of aromatic nitrogens is 3. The van der Waals surface area contributed by atoms with Crippen LogP contribution in [0.25, 0.3) is 11.0 Å². The van der Waals surface area contributed by atoms with Crippen LogP contribution in [0.2, 0.25) is 5.02 Å². The first-order valence-electron chi connectivity index (χ1n) is 7.87. The third-order valence-electron chi connectivity index (χ3n) is 3.93. The zero-order chi connectivity index (χ0) is 17.2. The Morgan fingerprint density at radius 3 is 2.92 bits per heavy atom. The van der Waals surface area contributed by atoms with E-state index in [0.717, 1.165) is 11.1 Å². The van der Waals surface area contributed by atoms with Gasteiger partial charge in [0.05, 0.1) is 5.02 Å². The summed E-state index contributed by atoms with van der Waals surface area (Å²) in [6.07, 6.45) is 0.633. The molecule has 8 heteroatoms. The Hall–Kier alpha value is -2.80. The number of fused-ring (bicyclic) bond motifs is 2. The Morgan fingerprint density at radius 1 is 1.16 bits per heavy atom. The Labute approximate surface area is 148 Å². The molecule has 2 N–H and O–H groups in total. The first kappa shape index (κ1) is 15.7. The molecule has 2 aromatic carbocycles. The van der Waals surface area contributed by atoms with E-state index in [1.165, 1.54) is 0 Å². The van der Waals surface area contributed by atoms with Crippen molar-refractivity contribution in [1.29, 1.82) is 0 Å². The zero-order valence-electron chi connectivity index (χ0n) is 13.2. The highest BCUT2D eigenvalue weighted by Crippen LogP contribution is 2.38. The molecule has 0 atom stereocenters. The number of rotatable bonds is 4. The van der Waals surface area contributed by atoms with Crippen LogP contribution in [0.1, 0.15) is 15.9 Å². The molecule has 0 saturated carbocycles. The van der Waals surface area contributed by atoms with E-state index in [4.69, 9.17) is 21.1 Å². The summed E-state index contributed by atoms with van der Waals surface area (Å²) in [6.45, 7) is 1.48. The predicted octanol–water partition coefficient (Wildman–Crippen LogP) is 2.35. The fraction of sp³-hybridized carbons (Fsp3) is 0.235. The molecule has 0 saturated heterocycles. The van der Waals surface area contributed by atoms with Crippen LogP contribution < -0.4 is 14.8 Å². The number of nitrogens with one attached hydrogen (secondary N) is 2. The van der Waals surface area contributed by atoms with Crippen molar-refractivity contribution in [1.82, 2.24) is 20.7 Å². The van der Waals surface area contributed by atoms with Crippen LogP contribution >= 0.6 is 11.6 Å². The molecule has 2 heterocycles. The molecule has 0 aliphatic carbocycles. The van der Waals surface area contributed by atoms with E-state index in [1.807, 2.05) is 12.1 Å². The maximum atomic E-state index is 12.3. The Kier molecular flexibility index (Phi) is 4.15. The molecule has 7 nitrogen and oxygen atoms in total. The summed E-state index contributed by atoms with van der Waals surface area (Å²) in [5, 5.41) is 13.9. The molecule has 1 aromatic heterocycles.